The van der Waals surface area contributed by atoms with Gasteiger partial charge in [-0.2, -0.15) is 0 Å². The smallest absolute Gasteiger partial charge is 0.222 e. The highest BCUT2D eigenvalue weighted by atomic mass is 16.2. The van der Waals surface area contributed by atoms with Gasteiger partial charge in [-0.25, -0.2) is 0 Å². The van der Waals surface area contributed by atoms with E-state index in [-0.39, 0.29) is 40.0 Å². The number of nitrogens with zero attached hydrogens (tertiary/aromatic N) is 2. The molecular formula is C32H62N4O2. The highest BCUT2D eigenvalue weighted by molar-refractivity contribution is 5.77. The van der Waals surface area contributed by atoms with Crippen molar-refractivity contribution in [2.75, 3.05) is 13.1 Å². The van der Waals surface area contributed by atoms with E-state index < -0.39 is 0 Å². The van der Waals surface area contributed by atoms with Crippen LogP contribution in [-0.2, 0) is 9.59 Å². The first-order chi connectivity index (χ1) is 17.5. The summed E-state index contributed by atoms with van der Waals surface area (Å²) < 4.78 is 0. The Labute approximate surface area is 235 Å². The molecule has 6 nitrogen and oxygen atoms in total. The van der Waals surface area contributed by atoms with Crippen LogP contribution < -0.4 is 10.6 Å². The van der Waals surface area contributed by atoms with Crippen molar-refractivity contribution in [1.82, 2.24) is 20.4 Å². The molecule has 2 amide bonds. The third-order valence-corrected chi connectivity index (χ3v) is 8.72. The van der Waals surface area contributed by atoms with Gasteiger partial charge in [0.15, 0.2) is 0 Å². The van der Waals surface area contributed by atoms with Gasteiger partial charge in [0.05, 0.1) is 0 Å². The van der Waals surface area contributed by atoms with E-state index in [1.165, 1.54) is 0 Å². The quantitative estimate of drug-likeness (QED) is 0.268. The standard InChI is InChI=1S/C32H62N4O2/c1-11-13-19-33-27(37)17-15-16-18-28(38)35(20-14-12-2)25-23-31(7,8)36(32(9,10)24-25)26-21-29(3,4)34-30(5,6)22-26/h25-26,34H,11-24H2,1-10H3,(H,33,37). The summed E-state index contributed by atoms with van der Waals surface area (Å²) in [6, 6.07) is 0.769. The molecule has 38 heavy (non-hydrogen) atoms. The largest absolute Gasteiger partial charge is 0.356 e. The van der Waals surface area contributed by atoms with Crippen LogP contribution in [0.3, 0.4) is 0 Å². The Morgan fingerprint density at radius 1 is 0.789 bits per heavy atom. The van der Waals surface area contributed by atoms with E-state index in [2.05, 4.69) is 89.7 Å². The number of hydrogen-bond acceptors (Lipinski definition) is 4. The van der Waals surface area contributed by atoms with Crippen molar-refractivity contribution in [3.05, 3.63) is 0 Å². The first-order valence-electron chi connectivity index (χ1n) is 15.7. The molecule has 0 aromatic heterocycles. The average molecular weight is 535 g/mol. The number of nitrogens with one attached hydrogen (secondary N) is 2. The number of rotatable bonds is 13. The molecule has 6 heteroatoms. The Morgan fingerprint density at radius 2 is 1.32 bits per heavy atom. The Kier molecular flexibility index (Phi) is 11.7. The van der Waals surface area contributed by atoms with Crippen LogP contribution >= 0.6 is 0 Å². The van der Waals surface area contributed by atoms with Crippen LogP contribution in [0.4, 0.5) is 0 Å². The molecule has 2 saturated heterocycles. The molecule has 0 radical (unpaired) electrons. The lowest BCUT2D eigenvalue weighted by Gasteiger charge is -2.62. The van der Waals surface area contributed by atoms with E-state index in [1.807, 2.05) is 0 Å². The van der Waals surface area contributed by atoms with Crippen molar-refractivity contribution in [2.24, 2.45) is 0 Å². The average Bonchev–Trinajstić information content (AvgIpc) is 2.73. The van der Waals surface area contributed by atoms with Gasteiger partial charge in [-0.1, -0.05) is 26.7 Å². The van der Waals surface area contributed by atoms with Crippen LogP contribution in [0.1, 0.15) is 146 Å². The van der Waals surface area contributed by atoms with E-state index in [4.69, 9.17) is 0 Å². The monoisotopic (exact) mass is 534 g/mol. The van der Waals surface area contributed by atoms with Gasteiger partial charge in [-0.05, 0) is 107 Å². The molecule has 2 aliphatic rings. The van der Waals surface area contributed by atoms with Gasteiger partial charge < -0.3 is 15.5 Å². The van der Waals surface area contributed by atoms with Gasteiger partial charge in [-0.15, -0.1) is 0 Å². The molecule has 0 aromatic carbocycles. The zero-order valence-corrected chi connectivity index (χ0v) is 26.8. The molecule has 2 aliphatic heterocycles. The van der Waals surface area contributed by atoms with Gasteiger partial charge >= 0.3 is 0 Å². The number of unbranched alkanes of at least 4 members (excludes halogenated alkanes) is 3. The zero-order valence-electron chi connectivity index (χ0n) is 26.8. The van der Waals surface area contributed by atoms with E-state index in [9.17, 15) is 9.59 Å². The van der Waals surface area contributed by atoms with Gasteiger partial charge in [-0.3, -0.25) is 14.5 Å². The lowest BCUT2D eigenvalue weighted by atomic mass is 9.70. The van der Waals surface area contributed by atoms with Gasteiger partial charge in [0.25, 0.3) is 0 Å². The Morgan fingerprint density at radius 3 is 1.84 bits per heavy atom. The van der Waals surface area contributed by atoms with Gasteiger partial charge in [0.1, 0.15) is 0 Å². The summed E-state index contributed by atoms with van der Waals surface area (Å²) in [6.45, 7) is 24.9. The predicted octanol–water partition coefficient (Wildman–Crippen LogP) is 6.42. The van der Waals surface area contributed by atoms with Crippen LogP contribution in [0.15, 0.2) is 0 Å². The molecule has 0 aliphatic carbocycles. The normalized spacial score (nSPS) is 23.2. The summed E-state index contributed by atoms with van der Waals surface area (Å²) in [5.74, 6) is 0.396. The number of hydrogen-bond donors (Lipinski definition) is 2. The minimum Gasteiger partial charge on any atom is -0.356 e. The summed E-state index contributed by atoms with van der Waals surface area (Å²) in [7, 11) is 0. The highest BCUT2D eigenvalue weighted by Crippen LogP contribution is 2.46. The number of piperidine rings is 2. The van der Waals surface area contributed by atoms with Crippen molar-refractivity contribution in [3.8, 4) is 0 Å². The molecule has 0 unspecified atom stereocenters. The molecule has 0 atom stereocenters. The second-order valence-electron chi connectivity index (χ2n) is 14.9. The summed E-state index contributed by atoms with van der Waals surface area (Å²) >= 11 is 0. The molecule has 0 aromatic rings. The third kappa shape index (κ3) is 9.50. The summed E-state index contributed by atoms with van der Waals surface area (Å²) in [5.41, 5.74) is 0.209. The summed E-state index contributed by atoms with van der Waals surface area (Å²) in [4.78, 5) is 30.7. The van der Waals surface area contributed by atoms with Crippen molar-refractivity contribution >= 4 is 11.8 Å². The van der Waals surface area contributed by atoms with E-state index in [0.29, 0.717) is 18.9 Å². The lowest BCUT2D eigenvalue weighted by Crippen LogP contribution is -2.71. The van der Waals surface area contributed by atoms with Crippen LogP contribution in [0, 0.1) is 0 Å². The minimum atomic E-state index is 0.00189. The highest BCUT2D eigenvalue weighted by Gasteiger charge is 2.52. The van der Waals surface area contributed by atoms with Crippen LogP contribution in [0.2, 0.25) is 0 Å². The van der Waals surface area contributed by atoms with E-state index in [1.54, 1.807) is 0 Å². The topological polar surface area (TPSA) is 64.7 Å². The first kappa shape index (κ1) is 33.1. The van der Waals surface area contributed by atoms with Crippen LogP contribution in [-0.4, -0.2) is 68.9 Å². The van der Waals surface area contributed by atoms with E-state index in [0.717, 1.165) is 77.3 Å². The summed E-state index contributed by atoms with van der Waals surface area (Å²) in [5, 5.41) is 6.85. The van der Waals surface area contributed by atoms with Crippen molar-refractivity contribution < 1.29 is 9.59 Å². The van der Waals surface area contributed by atoms with E-state index >= 15 is 0 Å². The molecule has 0 bridgehead atoms. The van der Waals surface area contributed by atoms with Crippen molar-refractivity contribution in [3.63, 3.8) is 0 Å². The maximum atomic E-state index is 13.6. The Balaban J connectivity index is 2.09. The second-order valence-corrected chi connectivity index (χ2v) is 14.9. The molecular weight excluding hydrogens is 472 g/mol. The number of carbonyl (C=O) groups excluding carboxylic acids is 2. The first-order valence-corrected chi connectivity index (χ1v) is 15.7. The predicted molar refractivity (Wildman–Crippen MR) is 160 cm³/mol. The zero-order chi connectivity index (χ0) is 28.8. The molecule has 2 rings (SSSR count). The number of amides is 2. The fraction of sp³-hybridized carbons (Fsp3) is 0.938. The number of carbonyl (C=O) groups is 2. The van der Waals surface area contributed by atoms with Crippen molar-refractivity contribution in [2.45, 2.75) is 181 Å². The summed E-state index contributed by atoms with van der Waals surface area (Å²) in [6.07, 6.45) is 11.2. The Hall–Kier alpha value is -1.14. The lowest BCUT2D eigenvalue weighted by molar-refractivity contribution is -0.144. The third-order valence-electron chi connectivity index (χ3n) is 8.72. The van der Waals surface area contributed by atoms with Gasteiger partial charge in [0.2, 0.25) is 11.8 Å². The fourth-order valence-corrected chi connectivity index (χ4v) is 7.94. The molecule has 2 fully saturated rings. The van der Waals surface area contributed by atoms with Crippen LogP contribution in [0.25, 0.3) is 0 Å². The second kappa shape index (κ2) is 13.5. The molecule has 222 valence electrons. The maximum absolute atomic E-state index is 13.6. The Bertz CT molecular complexity index is 739. The number of likely N-dealkylation sites (tertiary alicyclic amines) is 1. The van der Waals surface area contributed by atoms with Crippen LogP contribution in [0.5, 0.6) is 0 Å². The van der Waals surface area contributed by atoms with Gasteiger partial charge in [0, 0.05) is 60.2 Å². The fourth-order valence-electron chi connectivity index (χ4n) is 7.94. The SMILES string of the molecule is CCCCNC(=O)CCCCC(=O)N(CCCC)C1CC(C)(C)N(C2CC(C)(C)NC(C)(C)C2)C(C)(C)C1. The molecule has 2 N–H and O–H groups in total. The van der Waals surface area contributed by atoms with Crippen molar-refractivity contribution in [1.29, 1.82) is 0 Å². The molecule has 0 saturated carbocycles. The minimum absolute atomic E-state index is 0.00189. The maximum Gasteiger partial charge on any atom is 0.222 e. The molecule has 2 heterocycles. The molecule has 0 spiro atoms.